The fraction of sp³-hybridized carbons (Fsp3) is 0.120. The number of hydrogen-bond acceptors (Lipinski definition) is 6. The Kier molecular flexibility index (Phi) is 6.24. The van der Waals surface area contributed by atoms with Crippen LogP contribution in [-0.2, 0) is 0 Å². The summed E-state index contributed by atoms with van der Waals surface area (Å²) in [5, 5.41) is 3.40. The number of hydrogen-bond donors (Lipinski definition) is 1. The second-order valence-corrected chi connectivity index (χ2v) is 7.46. The molecule has 0 unspecified atom stereocenters. The molecule has 168 valence electrons. The van der Waals surface area contributed by atoms with Crippen LogP contribution in [0.1, 0.15) is 10.4 Å². The first kappa shape index (κ1) is 22.2. The lowest BCUT2D eigenvalue weighted by Gasteiger charge is -2.14. The molecule has 0 aliphatic rings. The van der Waals surface area contributed by atoms with E-state index in [9.17, 15) is 9.59 Å². The predicted molar refractivity (Wildman–Crippen MR) is 127 cm³/mol. The fourth-order valence-electron chi connectivity index (χ4n) is 3.43. The molecule has 1 aromatic heterocycles. The van der Waals surface area contributed by atoms with Crippen molar-refractivity contribution < 1.29 is 23.4 Å². The maximum Gasteiger partial charge on any atom is 0.257 e. The Bertz CT molecular complexity index is 1390. The zero-order valence-electron chi connectivity index (χ0n) is 18.1. The molecule has 3 aromatic carbocycles. The van der Waals surface area contributed by atoms with Gasteiger partial charge >= 0.3 is 0 Å². The molecule has 1 heterocycles. The van der Waals surface area contributed by atoms with Gasteiger partial charge in [-0.05, 0) is 60.2 Å². The molecule has 8 heteroatoms. The summed E-state index contributed by atoms with van der Waals surface area (Å²) < 4.78 is 21.8. The molecule has 33 heavy (non-hydrogen) atoms. The van der Waals surface area contributed by atoms with E-state index >= 15 is 0 Å². The highest BCUT2D eigenvalue weighted by molar-refractivity contribution is 6.31. The summed E-state index contributed by atoms with van der Waals surface area (Å²) in [6.07, 6.45) is 0. The van der Waals surface area contributed by atoms with Crippen LogP contribution in [-0.4, -0.2) is 27.2 Å². The summed E-state index contributed by atoms with van der Waals surface area (Å²) in [6.45, 7) is 0. The molecule has 0 atom stereocenters. The quantitative estimate of drug-likeness (QED) is 0.410. The van der Waals surface area contributed by atoms with Crippen molar-refractivity contribution in [2.24, 2.45) is 0 Å². The zero-order chi connectivity index (χ0) is 23.5. The minimum atomic E-state index is -0.448. The Labute approximate surface area is 194 Å². The topological polar surface area (TPSA) is 87.0 Å². The van der Waals surface area contributed by atoms with E-state index in [-0.39, 0.29) is 22.3 Å². The van der Waals surface area contributed by atoms with Gasteiger partial charge in [-0.25, -0.2) is 0 Å². The van der Waals surface area contributed by atoms with Crippen molar-refractivity contribution in [1.82, 2.24) is 0 Å². The molecule has 0 aliphatic carbocycles. The summed E-state index contributed by atoms with van der Waals surface area (Å²) in [6, 6.07) is 16.3. The molecule has 7 nitrogen and oxygen atoms in total. The van der Waals surface area contributed by atoms with Gasteiger partial charge in [0.1, 0.15) is 11.3 Å². The van der Waals surface area contributed by atoms with E-state index in [4.69, 9.17) is 30.2 Å². The van der Waals surface area contributed by atoms with Crippen molar-refractivity contribution in [2.75, 3.05) is 26.6 Å². The lowest BCUT2D eigenvalue weighted by molar-refractivity contribution is 0.102. The number of halogens is 1. The first-order valence-corrected chi connectivity index (χ1v) is 10.3. The van der Waals surface area contributed by atoms with Crippen molar-refractivity contribution in [1.29, 1.82) is 0 Å². The Morgan fingerprint density at radius 1 is 0.879 bits per heavy atom. The molecule has 1 N–H and O–H groups in total. The number of carbonyl (C=O) groups is 1. The summed E-state index contributed by atoms with van der Waals surface area (Å²) >= 11 is 6.11. The van der Waals surface area contributed by atoms with E-state index in [0.29, 0.717) is 39.0 Å². The van der Waals surface area contributed by atoms with Crippen LogP contribution in [0.15, 0.2) is 69.9 Å². The predicted octanol–water partition coefficient (Wildman–Crippen LogP) is 5.39. The first-order valence-electron chi connectivity index (χ1n) is 9.89. The van der Waals surface area contributed by atoms with Crippen LogP contribution >= 0.6 is 11.6 Å². The number of methoxy groups -OCH3 is 3. The highest BCUT2D eigenvalue weighted by Crippen LogP contribution is 2.35. The maximum atomic E-state index is 13.5. The number of nitrogens with one attached hydrogen (secondary N) is 1. The van der Waals surface area contributed by atoms with Crippen molar-refractivity contribution in [3.8, 4) is 28.4 Å². The van der Waals surface area contributed by atoms with Gasteiger partial charge in [0.25, 0.3) is 5.91 Å². The van der Waals surface area contributed by atoms with E-state index in [1.807, 2.05) is 0 Å². The third kappa shape index (κ3) is 4.36. The minimum absolute atomic E-state index is 0.00265. The molecule has 0 saturated carbocycles. The minimum Gasteiger partial charge on any atom is -0.497 e. The lowest BCUT2D eigenvalue weighted by Crippen LogP contribution is -2.16. The van der Waals surface area contributed by atoms with Crippen LogP contribution in [0, 0.1) is 0 Å². The second kappa shape index (κ2) is 9.26. The lowest BCUT2D eigenvalue weighted by atomic mass is 10.0. The summed E-state index contributed by atoms with van der Waals surface area (Å²) in [4.78, 5) is 26.4. The number of rotatable bonds is 6. The molecule has 0 radical (unpaired) electrons. The fourth-order valence-corrected chi connectivity index (χ4v) is 3.60. The summed E-state index contributed by atoms with van der Waals surface area (Å²) in [5.74, 6) is 1.09. The molecule has 0 spiro atoms. The van der Waals surface area contributed by atoms with Crippen LogP contribution in [0.5, 0.6) is 17.2 Å². The average molecular weight is 466 g/mol. The van der Waals surface area contributed by atoms with E-state index in [1.54, 1.807) is 61.7 Å². The highest BCUT2D eigenvalue weighted by Gasteiger charge is 2.21. The van der Waals surface area contributed by atoms with Gasteiger partial charge in [0.05, 0.1) is 32.3 Å². The van der Waals surface area contributed by atoms with Gasteiger partial charge < -0.3 is 18.6 Å². The van der Waals surface area contributed by atoms with Gasteiger partial charge in [0, 0.05) is 10.6 Å². The van der Waals surface area contributed by atoms with E-state index < -0.39 is 5.91 Å². The van der Waals surface area contributed by atoms with Gasteiger partial charge in [-0.1, -0.05) is 17.7 Å². The monoisotopic (exact) mass is 465 g/mol. The third-order valence-corrected chi connectivity index (χ3v) is 5.34. The number of benzene rings is 3. The molecule has 0 bridgehead atoms. The second-order valence-electron chi connectivity index (χ2n) is 7.03. The van der Waals surface area contributed by atoms with Crippen molar-refractivity contribution in [3.63, 3.8) is 0 Å². The molecule has 4 aromatic rings. The van der Waals surface area contributed by atoms with E-state index in [0.717, 1.165) is 0 Å². The normalized spacial score (nSPS) is 10.7. The van der Waals surface area contributed by atoms with Crippen LogP contribution in [0.2, 0.25) is 5.02 Å². The van der Waals surface area contributed by atoms with Gasteiger partial charge in [-0.2, -0.15) is 0 Å². The number of ether oxygens (including phenoxy) is 3. The number of carbonyl (C=O) groups excluding carboxylic acids is 1. The van der Waals surface area contributed by atoms with Crippen molar-refractivity contribution in [2.45, 2.75) is 0 Å². The van der Waals surface area contributed by atoms with Crippen molar-refractivity contribution >= 4 is 34.4 Å². The standard InChI is InChI=1S/C25H20ClNO6/c1-30-17-8-4-14(5-9-17)24(29)27-25-22(15-6-10-20(31-2)21(12-15)32-3)23(28)18-13-16(26)7-11-19(18)33-25/h4-13H,1-3H3,(H,27,29). The Morgan fingerprint density at radius 2 is 1.61 bits per heavy atom. The number of anilines is 1. The highest BCUT2D eigenvalue weighted by atomic mass is 35.5. The van der Waals surface area contributed by atoms with Crippen LogP contribution in [0.25, 0.3) is 22.1 Å². The van der Waals surface area contributed by atoms with Gasteiger partial charge in [0.2, 0.25) is 11.3 Å². The smallest absolute Gasteiger partial charge is 0.257 e. The van der Waals surface area contributed by atoms with Crippen LogP contribution < -0.4 is 25.0 Å². The van der Waals surface area contributed by atoms with Gasteiger partial charge in [0.15, 0.2) is 11.5 Å². The average Bonchev–Trinajstić information content (AvgIpc) is 2.84. The summed E-state index contributed by atoms with van der Waals surface area (Å²) in [7, 11) is 4.56. The van der Waals surface area contributed by atoms with E-state index in [1.165, 1.54) is 20.3 Å². The SMILES string of the molecule is COc1ccc(C(=O)Nc2oc3ccc(Cl)cc3c(=O)c2-c2ccc(OC)c(OC)c2)cc1. The Hall–Kier alpha value is -3.97. The molecule has 1 amide bonds. The van der Waals surface area contributed by atoms with Crippen LogP contribution in [0.4, 0.5) is 5.88 Å². The van der Waals surface area contributed by atoms with E-state index in [2.05, 4.69) is 5.32 Å². The molecule has 4 rings (SSSR count). The first-order chi connectivity index (χ1) is 15.9. The maximum absolute atomic E-state index is 13.5. The molecule has 0 saturated heterocycles. The van der Waals surface area contributed by atoms with Gasteiger partial charge in [-0.15, -0.1) is 0 Å². The largest absolute Gasteiger partial charge is 0.497 e. The van der Waals surface area contributed by atoms with Gasteiger partial charge in [-0.3, -0.25) is 14.9 Å². The number of fused-ring (bicyclic) bond motifs is 1. The van der Waals surface area contributed by atoms with Crippen molar-refractivity contribution in [3.05, 3.63) is 81.5 Å². The Balaban J connectivity index is 1.88. The Morgan fingerprint density at radius 3 is 2.27 bits per heavy atom. The summed E-state index contributed by atoms with van der Waals surface area (Å²) in [5.41, 5.74) is 0.948. The molecule has 0 aliphatic heterocycles. The molecule has 0 fully saturated rings. The third-order valence-electron chi connectivity index (χ3n) is 5.10. The zero-order valence-corrected chi connectivity index (χ0v) is 18.9. The number of amides is 1. The molecular weight excluding hydrogens is 446 g/mol. The van der Waals surface area contributed by atoms with Crippen LogP contribution in [0.3, 0.4) is 0 Å². The molecular formula is C25H20ClNO6.